The van der Waals surface area contributed by atoms with Gasteiger partial charge in [-0.1, -0.05) is 179 Å². The molecule has 31 rings (SSSR count). The highest BCUT2D eigenvalue weighted by molar-refractivity contribution is 7.26. The van der Waals surface area contributed by atoms with E-state index in [4.69, 9.17) is 28.8 Å². The second-order valence-corrected chi connectivity index (χ2v) is 42.1. The van der Waals surface area contributed by atoms with E-state index in [9.17, 15) is 0 Å². The topological polar surface area (TPSA) is 97.3 Å². The van der Waals surface area contributed by atoms with Crippen LogP contribution < -0.4 is 78.6 Å². The summed E-state index contributed by atoms with van der Waals surface area (Å²) in [4.78, 5) is 33.7. The van der Waals surface area contributed by atoms with Crippen LogP contribution in [0, 0.1) is 62.3 Å². The summed E-state index contributed by atoms with van der Waals surface area (Å²) in [5.74, 6) is 0. The zero-order valence-electron chi connectivity index (χ0n) is 80.6. The minimum Gasteiger partial charge on any atom is -0.456 e. The number of furan rings is 2. The van der Waals surface area contributed by atoms with Gasteiger partial charge in [0.05, 0.1) is 22.1 Å². The average Bonchev–Trinajstić information content (AvgIpc) is 1.22. The number of fused-ring (bicyclic) bond motifs is 26. The Balaban J connectivity index is 0.000000103. The van der Waals surface area contributed by atoms with Gasteiger partial charge in [0, 0.05) is 189 Å². The molecule has 0 fully saturated rings. The van der Waals surface area contributed by atoms with E-state index in [1.54, 1.807) is 24.8 Å². The molecular weight excluding hydrogens is 1790 g/mol. The van der Waals surface area contributed by atoms with Crippen LogP contribution in [0.2, 0.25) is 0 Å². The van der Waals surface area contributed by atoms with Crippen LogP contribution in [0.25, 0.3) is 106 Å². The molecule has 12 nitrogen and oxygen atoms in total. The minimum absolute atomic E-state index is 0.0354. The van der Waals surface area contributed by atoms with Gasteiger partial charge in [-0.25, -0.2) is 0 Å². The highest BCUT2D eigenvalue weighted by Crippen LogP contribution is 2.54. The summed E-state index contributed by atoms with van der Waals surface area (Å²) in [6.45, 7) is 19.6. The van der Waals surface area contributed by atoms with Crippen molar-refractivity contribution in [1.29, 1.82) is 0 Å². The molecular formula is C127H89B3N10O2S2. The van der Waals surface area contributed by atoms with Gasteiger partial charge in [0.1, 0.15) is 22.3 Å². The van der Waals surface area contributed by atoms with Crippen molar-refractivity contribution in [3.05, 3.63) is 427 Å². The maximum Gasteiger partial charge on any atom is 0.252 e. The minimum atomic E-state index is -0.0516. The van der Waals surface area contributed by atoms with Crippen LogP contribution >= 0.6 is 22.7 Å². The van der Waals surface area contributed by atoms with E-state index in [0.29, 0.717) is 0 Å². The number of hydrogen-bond acceptors (Lipinski definition) is 14. The van der Waals surface area contributed by atoms with Crippen molar-refractivity contribution in [2.24, 2.45) is 0 Å². The Morgan fingerprint density at radius 2 is 0.424 bits per heavy atom. The van der Waals surface area contributed by atoms with Crippen LogP contribution in [0.1, 0.15) is 50.1 Å². The van der Waals surface area contributed by atoms with Gasteiger partial charge in [-0.2, -0.15) is 0 Å². The SMILES string of the molecule is Cc1ccc(N2c3cc4c(cc3B3c5cc6oc7ccccc7c6cc5N(c5ccc(C)cc5)c5cc(C)cc2c53)oc2ccccc24)cc1.Cc1ccc(N2c3cc4c(cc3B3c5cc6sc7ccccc7c6cc5N(c5ccc(C)cc5)c5cc(C)cc2c53)sc2ccccc24)cc1.Cc1ccc(N2c3cc4nccnc4cc3B3c4cc5nccnc5cc4N(c4ccc(C)cc4)c4cc(C)cc2c43)cc1. The first-order chi connectivity index (χ1) is 70.5. The zero-order chi connectivity index (χ0) is 96.0. The second kappa shape index (κ2) is 32.0. The highest BCUT2D eigenvalue weighted by atomic mass is 32.1. The first kappa shape index (κ1) is 83.8. The third kappa shape index (κ3) is 12.9. The maximum absolute atomic E-state index is 6.58. The van der Waals surface area contributed by atoms with Crippen molar-refractivity contribution in [3.8, 4) is 0 Å². The van der Waals surface area contributed by atoms with E-state index in [-0.39, 0.29) is 20.1 Å². The molecule has 0 amide bonds. The van der Waals surface area contributed by atoms with Gasteiger partial charge in [-0.3, -0.25) is 19.9 Å². The molecule has 0 saturated heterocycles. The lowest BCUT2D eigenvalue weighted by atomic mass is 9.33. The Labute approximate surface area is 841 Å². The van der Waals surface area contributed by atoms with Crippen molar-refractivity contribution in [3.63, 3.8) is 0 Å². The molecule has 19 aromatic carbocycles. The Hall–Kier alpha value is -17.1. The van der Waals surface area contributed by atoms with Crippen molar-refractivity contribution in [2.45, 2.75) is 62.3 Å². The summed E-state index contributed by atoms with van der Waals surface area (Å²) >= 11 is 3.82. The van der Waals surface area contributed by atoms with E-state index in [2.05, 4.69) is 431 Å². The number of para-hydroxylation sites is 2. The standard InChI is InChI=1S/C45H31BN2O2.C45H31BN2S2.C37H27BN6/c2*1-26-12-16-29(17-13-26)47-37-22-33-31-8-4-6-10-41(31)49-43(33)24-35(37)46-36-25-44-34(32-9-5-7-11-42(32)50-44)23-38(36)48(30-18-14-27(2)15-19-30)40-21-28(3)20-39(47)45(40)46;1-22-4-8-25(9-5-22)43-33-20-31-29(39-12-14-41-31)18-27(33)38-28-19-30-32(42-15-13-40-30)21-34(28)44(26-10-6-23(2)7-11-26)36-17-24(3)16-35(43)37(36)38/h2*4-25H,1-3H3;4-21H,1-3H3. The summed E-state index contributed by atoms with van der Waals surface area (Å²) in [5, 5.41) is 9.82. The summed E-state index contributed by atoms with van der Waals surface area (Å²) in [6.07, 6.45) is 7.08. The van der Waals surface area contributed by atoms with E-state index in [0.717, 1.165) is 100 Å². The first-order valence-electron chi connectivity index (χ1n) is 49.5. The summed E-state index contributed by atoms with van der Waals surface area (Å²) in [5.41, 5.74) is 51.0. The smallest absolute Gasteiger partial charge is 0.252 e. The molecule has 17 heteroatoms. The van der Waals surface area contributed by atoms with Crippen LogP contribution in [-0.4, -0.2) is 40.1 Å². The van der Waals surface area contributed by atoms with Crippen LogP contribution in [0.4, 0.5) is 102 Å². The van der Waals surface area contributed by atoms with Gasteiger partial charge in [0.15, 0.2) is 0 Å². The molecule has 0 spiro atoms. The van der Waals surface area contributed by atoms with Crippen LogP contribution in [0.3, 0.4) is 0 Å². The predicted molar refractivity (Wildman–Crippen MR) is 611 cm³/mol. The molecule has 680 valence electrons. The Morgan fingerprint density at radius 1 is 0.188 bits per heavy atom. The Morgan fingerprint density at radius 3 is 0.715 bits per heavy atom. The molecule has 144 heavy (non-hydrogen) atoms. The molecule has 0 N–H and O–H groups in total. The lowest BCUT2D eigenvalue weighted by Crippen LogP contribution is -2.61. The third-order valence-corrected chi connectivity index (χ3v) is 32.8. The van der Waals surface area contributed by atoms with E-state index < -0.39 is 0 Å². The first-order valence-corrected chi connectivity index (χ1v) is 51.1. The van der Waals surface area contributed by atoms with Gasteiger partial charge in [0.2, 0.25) is 0 Å². The molecule has 0 saturated carbocycles. The lowest BCUT2D eigenvalue weighted by molar-refractivity contribution is 0.669. The van der Waals surface area contributed by atoms with Gasteiger partial charge in [0.25, 0.3) is 20.1 Å². The van der Waals surface area contributed by atoms with Gasteiger partial charge in [-0.15, -0.1) is 22.7 Å². The number of rotatable bonds is 6. The molecule has 0 bridgehead atoms. The normalized spacial score (nSPS) is 13.3. The number of aryl methyl sites for hydroxylation is 9. The Kier molecular flexibility index (Phi) is 18.6. The van der Waals surface area contributed by atoms with Crippen LogP contribution in [0.15, 0.2) is 385 Å². The summed E-state index contributed by atoms with van der Waals surface area (Å²) < 4.78 is 18.5. The lowest BCUT2D eigenvalue weighted by Gasteiger charge is -2.44. The maximum atomic E-state index is 6.58. The number of hydrogen-bond donors (Lipinski definition) is 0. The fourth-order valence-corrected chi connectivity index (χ4v) is 26.3. The van der Waals surface area contributed by atoms with Crippen molar-refractivity contribution < 1.29 is 8.83 Å². The van der Waals surface area contributed by atoms with Gasteiger partial charge in [-0.05, 0) is 334 Å². The fraction of sp³-hybridized carbons (Fsp3) is 0.0709. The van der Waals surface area contributed by atoms with Crippen molar-refractivity contribution >= 4 is 301 Å². The fourth-order valence-electron chi connectivity index (χ4n) is 24.0. The molecule has 6 aromatic heterocycles. The third-order valence-electron chi connectivity index (χ3n) is 30.6. The quantitative estimate of drug-likeness (QED) is 0.148. The van der Waals surface area contributed by atoms with Gasteiger partial charge < -0.3 is 38.2 Å². The monoisotopic (exact) mass is 1880 g/mol. The van der Waals surface area contributed by atoms with Crippen molar-refractivity contribution in [2.75, 3.05) is 29.4 Å². The molecule has 0 atom stereocenters. The molecule has 0 unspecified atom stereocenters. The summed E-state index contributed by atoms with van der Waals surface area (Å²) in [7, 11) is 0. The Bertz CT molecular complexity index is 8850. The molecule has 6 aliphatic rings. The highest BCUT2D eigenvalue weighted by Gasteiger charge is 2.49. The predicted octanol–water partition coefficient (Wildman–Crippen LogP) is 28.5. The van der Waals surface area contributed by atoms with Gasteiger partial charge >= 0.3 is 0 Å². The average molecular weight is 1880 g/mol. The second-order valence-electron chi connectivity index (χ2n) is 39.9. The van der Waals surface area contributed by atoms with E-state index in [1.807, 2.05) is 34.8 Å². The number of aromatic nitrogens is 4. The zero-order valence-corrected chi connectivity index (χ0v) is 82.3. The van der Waals surface area contributed by atoms with Crippen LogP contribution in [-0.2, 0) is 0 Å². The number of thiophene rings is 2. The molecule has 0 radical (unpaired) electrons. The number of nitrogens with zero attached hydrogens (tertiary/aromatic N) is 10. The molecule has 12 heterocycles. The van der Waals surface area contributed by atoms with Crippen molar-refractivity contribution in [1.82, 2.24) is 19.9 Å². The molecule has 6 aliphatic heterocycles. The number of anilines is 18. The van der Waals surface area contributed by atoms with E-state index in [1.165, 1.54) is 208 Å². The molecule has 0 aliphatic carbocycles. The van der Waals surface area contributed by atoms with Crippen LogP contribution in [0.5, 0.6) is 0 Å². The summed E-state index contributed by atoms with van der Waals surface area (Å²) in [6, 6.07) is 130. The largest absolute Gasteiger partial charge is 0.456 e. The number of benzene rings is 19. The van der Waals surface area contributed by atoms with E-state index >= 15 is 0 Å². The molecule has 25 aromatic rings.